The normalized spacial score (nSPS) is 12.6. The summed E-state index contributed by atoms with van der Waals surface area (Å²) in [5.74, 6) is 0. The summed E-state index contributed by atoms with van der Waals surface area (Å²) in [6, 6.07) is 10.2. The van der Waals surface area contributed by atoms with Crippen molar-refractivity contribution in [2.24, 2.45) is 7.05 Å². The first-order valence-corrected chi connectivity index (χ1v) is 6.47. The van der Waals surface area contributed by atoms with Crippen LogP contribution in [0.3, 0.4) is 0 Å². The van der Waals surface area contributed by atoms with Crippen LogP contribution < -0.4 is 5.73 Å². The molecule has 0 aliphatic rings. The van der Waals surface area contributed by atoms with Crippen LogP contribution in [0.1, 0.15) is 23.4 Å². The van der Waals surface area contributed by atoms with Gasteiger partial charge < -0.3 is 5.73 Å². The van der Waals surface area contributed by atoms with Gasteiger partial charge in [0.1, 0.15) is 0 Å². The molecule has 1 aromatic heterocycles. The summed E-state index contributed by atoms with van der Waals surface area (Å²) in [4.78, 5) is 0. The standard InChI is InChI=1S/C13H17N3S/c1-9-8-13(16(3)15-9)17-10(2)11-4-6-12(14)7-5-11/h4-8,10H,14H2,1-3H3. The summed E-state index contributed by atoms with van der Waals surface area (Å²) in [6.07, 6.45) is 0. The molecule has 0 bridgehead atoms. The topological polar surface area (TPSA) is 43.8 Å². The number of anilines is 1. The Kier molecular flexibility index (Phi) is 3.43. The number of aromatic nitrogens is 2. The molecule has 0 aliphatic carbocycles. The second kappa shape index (κ2) is 4.84. The Hall–Kier alpha value is -1.42. The van der Waals surface area contributed by atoms with Crippen molar-refractivity contribution in [3.8, 4) is 0 Å². The molecular formula is C13H17N3S. The van der Waals surface area contributed by atoms with Crippen molar-refractivity contribution in [2.75, 3.05) is 5.73 Å². The number of rotatable bonds is 3. The van der Waals surface area contributed by atoms with Crippen LogP contribution >= 0.6 is 11.8 Å². The summed E-state index contributed by atoms with van der Waals surface area (Å²) >= 11 is 1.81. The molecule has 0 saturated heterocycles. The van der Waals surface area contributed by atoms with E-state index in [9.17, 15) is 0 Å². The van der Waals surface area contributed by atoms with Crippen LogP contribution in [0.2, 0.25) is 0 Å². The summed E-state index contributed by atoms with van der Waals surface area (Å²) < 4.78 is 1.92. The Labute approximate surface area is 106 Å². The Morgan fingerprint density at radius 3 is 2.47 bits per heavy atom. The molecule has 0 spiro atoms. The smallest absolute Gasteiger partial charge is 0.0945 e. The molecule has 0 saturated carbocycles. The van der Waals surface area contributed by atoms with Gasteiger partial charge in [-0.15, -0.1) is 0 Å². The molecule has 17 heavy (non-hydrogen) atoms. The fourth-order valence-electron chi connectivity index (χ4n) is 1.71. The van der Waals surface area contributed by atoms with E-state index in [1.165, 1.54) is 10.6 Å². The van der Waals surface area contributed by atoms with Gasteiger partial charge in [-0.3, -0.25) is 4.68 Å². The van der Waals surface area contributed by atoms with Crippen molar-refractivity contribution in [3.63, 3.8) is 0 Å². The van der Waals surface area contributed by atoms with Crippen molar-refractivity contribution in [3.05, 3.63) is 41.6 Å². The van der Waals surface area contributed by atoms with Crippen LogP contribution in [0.4, 0.5) is 5.69 Å². The summed E-state index contributed by atoms with van der Waals surface area (Å²) in [6.45, 7) is 4.20. The third kappa shape index (κ3) is 2.82. The maximum absolute atomic E-state index is 5.69. The van der Waals surface area contributed by atoms with Crippen molar-refractivity contribution in [1.29, 1.82) is 0 Å². The highest BCUT2D eigenvalue weighted by atomic mass is 32.2. The molecular weight excluding hydrogens is 230 g/mol. The Morgan fingerprint density at radius 1 is 1.29 bits per heavy atom. The lowest BCUT2D eigenvalue weighted by molar-refractivity contribution is 0.691. The minimum Gasteiger partial charge on any atom is -0.399 e. The zero-order chi connectivity index (χ0) is 12.4. The lowest BCUT2D eigenvalue weighted by Gasteiger charge is -2.11. The van der Waals surface area contributed by atoms with Gasteiger partial charge in [0.25, 0.3) is 0 Å². The van der Waals surface area contributed by atoms with Gasteiger partial charge in [-0.05, 0) is 37.6 Å². The lowest BCUT2D eigenvalue weighted by atomic mass is 10.1. The summed E-state index contributed by atoms with van der Waals surface area (Å²) in [5.41, 5.74) is 8.83. The molecule has 3 nitrogen and oxygen atoms in total. The maximum Gasteiger partial charge on any atom is 0.0945 e. The summed E-state index contributed by atoms with van der Waals surface area (Å²) in [5, 5.41) is 5.93. The van der Waals surface area contributed by atoms with E-state index in [1.54, 1.807) is 0 Å². The van der Waals surface area contributed by atoms with Gasteiger partial charge in [-0.2, -0.15) is 5.10 Å². The largest absolute Gasteiger partial charge is 0.399 e. The van der Waals surface area contributed by atoms with Crippen molar-refractivity contribution in [1.82, 2.24) is 9.78 Å². The lowest BCUT2D eigenvalue weighted by Crippen LogP contribution is -1.95. The zero-order valence-corrected chi connectivity index (χ0v) is 11.2. The molecule has 2 aromatic rings. The van der Waals surface area contributed by atoms with E-state index in [4.69, 9.17) is 5.73 Å². The number of nitrogens with zero attached hydrogens (tertiary/aromatic N) is 2. The predicted octanol–water partition coefficient (Wildman–Crippen LogP) is 3.16. The van der Waals surface area contributed by atoms with E-state index >= 15 is 0 Å². The van der Waals surface area contributed by atoms with Crippen LogP contribution in [0.25, 0.3) is 0 Å². The number of thioether (sulfide) groups is 1. The average Bonchev–Trinajstić information content (AvgIpc) is 2.58. The molecule has 2 N–H and O–H groups in total. The number of hydrogen-bond donors (Lipinski definition) is 1. The Morgan fingerprint density at radius 2 is 1.94 bits per heavy atom. The average molecular weight is 247 g/mol. The fraction of sp³-hybridized carbons (Fsp3) is 0.308. The van der Waals surface area contributed by atoms with E-state index in [1.807, 2.05) is 42.5 Å². The minimum absolute atomic E-state index is 0.394. The highest BCUT2D eigenvalue weighted by Crippen LogP contribution is 2.34. The predicted molar refractivity (Wildman–Crippen MR) is 73.1 cm³/mol. The first kappa shape index (κ1) is 12.0. The quantitative estimate of drug-likeness (QED) is 0.669. The van der Waals surface area contributed by atoms with Crippen molar-refractivity contribution < 1.29 is 0 Å². The van der Waals surface area contributed by atoms with Gasteiger partial charge in [0.15, 0.2) is 0 Å². The molecule has 0 aliphatic heterocycles. The molecule has 1 heterocycles. The molecule has 90 valence electrons. The van der Waals surface area contributed by atoms with Gasteiger partial charge in [-0.25, -0.2) is 0 Å². The number of aryl methyl sites for hydroxylation is 2. The van der Waals surface area contributed by atoms with E-state index in [2.05, 4.69) is 30.2 Å². The third-order valence-corrected chi connectivity index (χ3v) is 3.91. The highest BCUT2D eigenvalue weighted by Gasteiger charge is 2.10. The first-order chi connectivity index (χ1) is 8.06. The molecule has 1 unspecified atom stereocenters. The molecule has 2 rings (SSSR count). The van der Waals surface area contributed by atoms with Crippen LogP contribution in [0.5, 0.6) is 0 Å². The van der Waals surface area contributed by atoms with E-state index in [0.29, 0.717) is 5.25 Å². The minimum atomic E-state index is 0.394. The molecule has 0 radical (unpaired) electrons. The summed E-state index contributed by atoms with van der Waals surface area (Å²) in [7, 11) is 1.98. The van der Waals surface area contributed by atoms with Crippen LogP contribution in [-0.2, 0) is 7.05 Å². The van der Waals surface area contributed by atoms with Crippen LogP contribution in [0.15, 0.2) is 35.4 Å². The first-order valence-electron chi connectivity index (χ1n) is 5.59. The maximum atomic E-state index is 5.69. The van der Waals surface area contributed by atoms with Gasteiger partial charge >= 0.3 is 0 Å². The van der Waals surface area contributed by atoms with Gasteiger partial charge in [0.2, 0.25) is 0 Å². The highest BCUT2D eigenvalue weighted by molar-refractivity contribution is 7.99. The third-order valence-electron chi connectivity index (χ3n) is 2.66. The van der Waals surface area contributed by atoms with Crippen molar-refractivity contribution in [2.45, 2.75) is 24.1 Å². The van der Waals surface area contributed by atoms with E-state index in [0.717, 1.165) is 11.4 Å². The monoisotopic (exact) mass is 247 g/mol. The Bertz CT molecular complexity index is 502. The SMILES string of the molecule is Cc1cc(SC(C)c2ccc(N)cc2)n(C)n1. The second-order valence-corrected chi connectivity index (χ2v) is 5.54. The number of hydrogen-bond acceptors (Lipinski definition) is 3. The van der Waals surface area contributed by atoms with Gasteiger partial charge in [-0.1, -0.05) is 23.9 Å². The van der Waals surface area contributed by atoms with Crippen molar-refractivity contribution >= 4 is 17.4 Å². The van der Waals surface area contributed by atoms with E-state index in [-0.39, 0.29) is 0 Å². The molecule has 0 amide bonds. The fourth-order valence-corrected chi connectivity index (χ4v) is 2.80. The number of nitrogens with two attached hydrogens (primary N) is 1. The number of benzene rings is 1. The molecule has 0 fully saturated rings. The van der Waals surface area contributed by atoms with Gasteiger partial charge in [0, 0.05) is 18.0 Å². The van der Waals surface area contributed by atoms with Crippen LogP contribution in [0, 0.1) is 6.92 Å². The Balaban J connectivity index is 2.13. The van der Waals surface area contributed by atoms with Gasteiger partial charge in [0.05, 0.1) is 10.7 Å². The number of nitrogen functional groups attached to an aromatic ring is 1. The van der Waals surface area contributed by atoms with Crippen LogP contribution in [-0.4, -0.2) is 9.78 Å². The molecule has 1 aromatic carbocycles. The molecule has 4 heteroatoms. The molecule has 1 atom stereocenters. The second-order valence-electron chi connectivity index (χ2n) is 4.17. The zero-order valence-electron chi connectivity index (χ0n) is 10.3. The van der Waals surface area contributed by atoms with E-state index < -0.39 is 0 Å².